The summed E-state index contributed by atoms with van der Waals surface area (Å²) >= 11 is 12.1. The van der Waals surface area contributed by atoms with Gasteiger partial charge in [0.25, 0.3) is 5.91 Å². The van der Waals surface area contributed by atoms with Crippen molar-refractivity contribution in [1.82, 2.24) is 4.68 Å². The number of aromatic nitrogens is 1. The molecule has 0 unspecified atom stereocenters. The van der Waals surface area contributed by atoms with E-state index in [1.807, 2.05) is 0 Å². The molecule has 1 aromatic heterocycles. The topological polar surface area (TPSA) is 92.2 Å². The summed E-state index contributed by atoms with van der Waals surface area (Å²) in [4.78, 5) is 38.2. The maximum atomic E-state index is 14.0. The molecule has 3 N–H and O–H groups in total. The van der Waals surface area contributed by atoms with Crippen molar-refractivity contribution in [2.45, 2.75) is 6.92 Å². The van der Waals surface area contributed by atoms with Gasteiger partial charge < -0.3 is 10.6 Å². The van der Waals surface area contributed by atoms with Gasteiger partial charge in [-0.1, -0.05) is 41.4 Å². The van der Waals surface area contributed by atoms with Crippen molar-refractivity contribution in [3.8, 4) is 0 Å². The van der Waals surface area contributed by atoms with Crippen LogP contribution in [0.15, 0.2) is 66.7 Å². The monoisotopic (exact) mass is 498 g/mol. The highest BCUT2D eigenvalue weighted by Gasteiger charge is 2.22. The third-order valence-corrected chi connectivity index (χ3v) is 5.70. The molecule has 0 spiro atoms. The van der Waals surface area contributed by atoms with Crippen LogP contribution >= 0.6 is 23.2 Å². The minimum Gasteiger partial charge on any atom is -0.318 e. The summed E-state index contributed by atoms with van der Waals surface area (Å²) in [7, 11) is 0. The molecule has 0 saturated heterocycles. The lowest BCUT2D eigenvalue weighted by Crippen LogP contribution is -2.36. The van der Waals surface area contributed by atoms with E-state index < -0.39 is 23.5 Å². The van der Waals surface area contributed by atoms with Gasteiger partial charge in [0.1, 0.15) is 11.5 Å². The fourth-order valence-corrected chi connectivity index (χ4v) is 3.65. The number of nitrogens with zero attached hydrogens (tertiary/aromatic N) is 1. The minimum atomic E-state index is -1.04. The van der Waals surface area contributed by atoms with Crippen LogP contribution in [0.4, 0.5) is 15.8 Å². The van der Waals surface area contributed by atoms with Crippen molar-refractivity contribution in [2.24, 2.45) is 0 Å². The first-order valence-corrected chi connectivity index (χ1v) is 10.7. The fraction of sp³-hybridized carbons (Fsp3) is 0.0417. The number of fused-ring (bicyclic) bond motifs is 1. The Morgan fingerprint density at radius 3 is 2.35 bits per heavy atom. The molecule has 172 valence electrons. The zero-order chi connectivity index (χ0) is 24.4. The molecule has 0 radical (unpaired) electrons. The molecule has 3 aromatic carbocycles. The number of amides is 3. The van der Waals surface area contributed by atoms with Crippen molar-refractivity contribution in [2.75, 3.05) is 16.1 Å². The van der Waals surface area contributed by atoms with E-state index in [-0.39, 0.29) is 11.4 Å². The molecule has 4 rings (SSSR count). The molecule has 7 nitrogen and oxygen atoms in total. The Hall–Kier alpha value is -3.88. The minimum absolute atomic E-state index is 0.0390. The van der Waals surface area contributed by atoms with Crippen molar-refractivity contribution in [3.05, 3.63) is 93.8 Å². The van der Waals surface area contributed by atoms with Crippen molar-refractivity contribution >= 4 is 63.2 Å². The van der Waals surface area contributed by atoms with E-state index in [0.717, 1.165) is 4.68 Å². The van der Waals surface area contributed by atoms with E-state index in [0.29, 0.717) is 32.2 Å². The maximum absolute atomic E-state index is 14.0. The number of anilines is 2. The molecule has 0 aliphatic carbocycles. The van der Waals surface area contributed by atoms with Gasteiger partial charge in [-0.15, -0.1) is 0 Å². The van der Waals surface area contributed by atoms with Gasteiger partial charge in [-0.2, -0.15) is 0 Å². The standard InChI is InChI=1S/C24H17Cl2FN4O3/c1-13-16(26)5-4-8-18(13)28-23(33)24(34)30-31-20-10-9-15(25)11-14(20)12-21(31)22(32)29-19-7-3-2-6-17(19)27/h2-12H,1H3,(H,28,33)(H,29,32)(H,30,34). The number of halogens is 3. The van der Waals surface area contributed by atoms with Gasteiger partial charge in [0.15, 0.2) is 0 Å². The summed E-state index contributed by atoms with van der Waals surface area (Å²) in [5.41, 5.74) is 3.71. The van der Waals surface area contributed by atoms with Crippen LogP contribution in [0.2, 0.25) is 10.0 Å². The maximum Gasteiger partial charge on any atom is 0.328 e. The van der Waals surface area contributed by atoms with Crippen LogP contribution in [0, 0.1) is 12.7 Å². The molecule has 4 aromatic rings. The largest absolute Gasteiger partial charge is 0.328 e. The van der Waals surface area contributed by atoms with Crippen LogP contribution in [-0.4, -0.2) is 22.4 Å². The van der Waals surface area contributed by atoms with E-state index in [1.165, 1.54) is 24.3 Å². The van der Waals surface area contributed by atoms with Crippen molar-refractivity contribution in [1.29, 1.82) is 0 Å². The number of hydrogen-bond donors (Lipinski definition) is 3. The van der Waals surface area contributed by atoms with Crippen LogP contribution in [0.25, 0.3) is 10.9 Å². The van der Waals surface area contributed by atoms with E-state index in [2.05, 4.69) is 16.1 Å². The number of hydrogen-bond acceptors (Lipinski definition) is 3. The fourth-order valence-electron chi connectivity index (χ4n) is 3.30. The van der Waals surface area contributed by atoms with Gasteiger partial charge in [0.05, 0.1) is 11.2 Å². The summed E-state index contributed by atoms with van der Waals surface area (Å²) in [6.07, 6.45) is 0. The van der Waals surface area contributed by atoms with Gasteiger partial charge >= 0.3 is 11.8 Å². The molecule has 0 fully saturated rings. The summed E-state index contributed by atoms with van der Waals surface area (Å²) < 4.78 is 15.2. The lowest BCUT2D eigenvalue weighted by molar-refractivity contribution is -0.133. The molecular weight excluding hydrogens is 482 g/mol. The highest BCUT2D eigenvalue weighted by atomic mass is 35.5. The van der Waals surface area contributed by atoms with Gasteiger partial charge in [-0.05, 0) is 61.0 Å². The molecule has 3 amide bonds. The van der Waals surface area contributed by atoms with Crippen molar-refractivity contribution in [3.63, 3.8) is 0 Å². The lowest BCUT2D eigenvalue weighted by Gasteiger charge is -2.14. The Morgan fingerprint density at radius 2 is 1.59 bits per heavy atom. The summed E-state index contributed by atoms with van der Waals surface area (Å²) in [6, 6.07) is 16.8. The molecule has 1 heterocycles. The first-order valence-electron chi connectivity index (χ1n) is 9.99. The molecule has 0 saturated carbocycles. The Bertz CT molecular complexity index is 1450. The number of benzene rings is 3. The second kappa shape index (κ2) is 9.54. The van der Waals surface area contributed by atoms with E-state index in [9.17, 15) is 18.8 Å². The summed E-state index contributed by atoms with van der Waals surface area (Å²) in [5.74, 6) is -3.33. The zero-order valence-corrected chi connectivity index (χ0v) is 19.2. The first kappa shape index (κ1) is 23.3. The van der Waals surface area contributed by atoms with Crippen LogP contribution in [0.5, 0.6) is 0 Å². The number of rotatable bonds is 4. The smallest absolute Gasteiger partial charge is 0.318 e. The Balaban J connectivity index is 1.65. The first-order chi connectivity index (χ1) is 16.2. The lowest BCUT2D eigenvalue weighted by atomic mass is 10.2. The highest BCUT2D eigenvalue weighted by molar-refractivity contribution is 6.43. The number of carbonyl (C=O) groups excluding carboxylic acids is 3. The van der Waals surface area contributed by atoms with E-state index in [1.54, 1.807) is 49.4 Å². The second-order valence-electron chi connectivity index (χ2n) is 7.31. The molecule has 0 aliphatic heterocycles. The quantitative estimate of drug-likeness (QED) is 0.331. The van der Waals surface area contributed by atoms with Gasteiger partial charge in [-0.25, -0.2) is 9.07 Å². The molecule has 0 aliphatic rings. The predicted molar refractivity (Wildman–Crippen MR) is 130 cm³/mol. The summed E-state index contributed by atoms with van der Waals surface area (Å²) in [6.45, 7) is 1.70. The Kier molecular flexibility index (Phi) is 6.54. The Labute approximate surface area is 203 Å². The van der Waals surface area contributed by atoms with Gasteiger partial charge in [0, 0.05) is 21.1 Å². The van der Waals surface area contributed by atoms with Crippen molar-refractivity contribution < 1.29 is 18.8 Å². The summed E-state index contributed by atoms with van der Waals surface area (Å²) in [5, 5.41) is 6.32. The molecule has 0 atom stereocenters. The van der Waals surface area contributed by atoms with E-state index >= 15 is 0 Å². The molecule has 0 bridgehead atoms. The van der Waals surface area contributed by atoms with Gasteiger partial charge in [-0.3, -0.25) is 19.8 Å². The second-order valence-corrected chi connectivity index (χ2v) is 8.15. The number of carbonyl (C=O) groups is 3. The van der Waals surface area contributed by atoms with Crippen LogP contribution in [-0.2, 0) is 9.59 Å². The Morgan fingerprint density at radius 1 is 0.853 bits per heavy atom. The van der Waals surface area contributed by atoms with E-state index in [4.69, 9.17) is 23.2 Å². The predicted octanol–water partition coefficient (Wildman–Crippen LogP) is 5.36. The number of para-hydroxylation sites is 1. The van der Waals surface area contributed by atoms with Crippen LogP contribution < -0.4 is 16.1 Å². The third-order valence-electron chi connectivity index (χ3n) is 5.05. The van der Waals surface area contributed by atoms with Gasteiger partial charge in [0.2, 0.25) is 0 Å². The SMILES string of the molecule is Cc1c(Cl)cccc1NC(=O)C(=O)Nn1c(C(=O)Nc2ccccc2F)cc2cc(Cl)ccc21. The van der Waals surface area contributed by atoms with Crippen LogP contribution in [0.3, 0.4) is 0 Å². The average Bonchev–Trinajstić information content (AvgIpc) is 3.15. The van der Waals surface area contributed by atoms with Crippen LogP contribution in [0.1, 0.15) is 16.1 Å². The molecule has 34 heavy (non-hydrogen) atoms. The normalized spacial score (nSPS) is 10.7. The highest BCUT2D eigenvalue weighted by Crippen LogP contribution is 2.25. The molecular formula is C24H17Cl2FN4O3. The molecule has 10 heteroatoms. The third kappa shape index (κ3) is 4.73. The number of nitrogens with one attached hydrogen (secondary N) is 3. The average molecular weight is 499 g/mol. The zero-order valence-electron chi connectivity index (χ0n) is 17.7.